The van der Waals surface area contributed by atoms with Gasteiger partial charge in [0.25, 0.3) is 0 Å². The van der Waals surface area contributed by atoms with E-state index in [1.54, 1.807) is 17.4 Å². The van der Waals surface area contributed by atoms with Gasteiger partial charge in [-0.2, -0.15) is 0 Å². The summed E-state index contributed by atoms with van der Waals surface area (Å²) >= 11 is 7.55. The van der Waals surface area contributed by atoms with Crippen molar-refractivity contribution in [2.45, 2.75) is 17.2 Å². The second kappa shape index (κ2) is 7.64. The molecule has 0 spiro atoms. The van der Waals surface area contributed by atoms with Crippen LogP contribution < -0.4 is 10.5 Å². The molecule has 0 saturated heterocycles. The zero-order valence-corrected chi connectivity index (χ0v) is 17.4. The molecule has 0 saturated carbocycles. The summed E-state index contributed by atoms with van der Waals surface area (Å²) in [7, 11) is -3.70. The van der Waals surface area contributed by atoms with Crippen LogP contribution in [-0.2, 0) is 27.8 Å². The van der Waals surface area contributed by atoms with Crippen molar-refractivity contribution >= 4 is 65.9 Å². The van der Waals surface area contributed by atoms with Gasteiger partial charge in [0.15, 0.2) is 0 Å². The quantitative estimate of drug-likeness (QED) is 0.568. The molecule has 1 amide bonds. The molecule has 0 aromatic carbocycles. The number of primary sulfonamides is 1. The van der Waals surface area contributed by atoms with Gasteiger partial charge in [0.2, 0.25) is 15.9 Å². The molecule has 3 N–H and O–H groups in total. The van der Waals surface area contributed by atoms with Crippen LogP contribution in [0.4, 0.5) is 0 Å². The van der Waals surface area contributed by atoms with Gasteiger partial charge in [0.1, 0.15) is 9.22 Å². The van der Waals surface area contributed by atoms with Crippen LogP contribution in [0.3, 0.4) is 0 Å². The fourth-order valence-corrected chi connectivity index (χ4v) is 5.99. The number of carbonyl (C=O) groups is 1. The second-order valence-electron chi connectivity index (χ2n) is 4.99. The average Bonchev–Trinajstić information content (AvgIpc) is 3.24. The summed E-state index contributed by atoms with van der Waals surface area (Å²) in [5, 5.41) is 12.6. The molecule has 11 heteroatoms. The van der Waals surface area contributed by atoms with E-state index in [2.05, 4.69) is 26.2 Å². The van der Waals surface area contributed by atoms with Gasteiger partial charge in [-0.15, -0.1) is 34.0 Å². The van der Waals surface area contributed by atoms with Crippen molar-refractivity contribution in [3.05, 3.63) is 44.0 Å². The van der Waals surface area contributed by atoms with E-state index in [4.69, 9.17) is 5.14 Å². The Morgan fingerprint density at radius 2 is 2.08 bits per heavy atom. The molecule has 25 heavy (non-hydrogen) atoms. The molecule has 3 heterocycles. The highest BCUT2D eigenvalue weighted by molar-refractivity contribution is 9.10. The number of aromatic nitrogens is 1. The number of thiazole rings is 1. The van der Waals surface area contributed by atoms with Crippen LogP contribution in [0.15, 0.2) is 37.6 Å². The Balaban J connectivity index is 1.56. The number of sulfonamides is 1. The number of halogens is 1. The van der Waals surface area contributed by atoms with Gasteiger partial charge in [0.05, 0.1) is 23.5 Å². The molecule has 0 fully saturated rings. The molecule has 3 aromatic heterocycles. The number of hydrogen-bond donors (Lipinski definition) is 2. The molecular formula is C14H12BrN3O3S4. The molecular weight excluding hydrogens is 466 g/mol. The summed E-state index contributed by atoms with van der Waals surface area (Å²) < 4.78 is 23.6. The first-order valence-corrected chi connectivity index (χ1v) is 11.8. The number of thiophene rings is 2. The van der Waals surface area contributed by atoms with Crippen LogP contribution in [0, 0.1) is 0 Å². The smallest absolute Gasteiger partial charge is 0.247 e. The summed E-state index contributed by atoms with van der Waals surface area (Å²) in [4.78, 5) is 18.3. The number of nitrogens with zero attached hydrogens (tertiary/aromatic N) is 1. The van der Waals surface area contributed by atoms with E-state index in [9.17, 15) is 13.2 Å². The Bertz CT molecular complexity index is 1010. The lowest BCUT2D eigenvalue weighted by molar-refractivity contribution is -0.120. The molecule has 3 aromatic rings. The van der Waals surface area contributed by atoms with Gasteiger partial charge < -0.3 is 5.32 Å². The van der Waals surface area contributed by atoms with E-state index < -0.39 is 10.0 Å². The standard InChI is InChI=1S/C14H12BrN3O3S4/c15-8-3-11(22-6-8)14-18-9(7-23-14)4-12(19)17-5-10-1-2-13(24-10)25(16,20)21/h1-3,6-7H,4-5H2,(H,17,19)(H2,16,20,21). The van der Waals surface area contributed by atoms with Crippen molar-refractivity contribution in [3.8, 4) is 9.88 Å². The number of carbonyl (C=O) groups excluding carboxylic acids is 1. The summed E-state index contributed by atoms with van der Waals surface area (Å²) in [5.41, 5.74) is 0.707. The maximum Gasteiger partial charge on any atom is 0.247 e. The highest BCUT2D eigenvalue weighted by Crippen LogP contribution is 2.32. The molecule has 0 radical (unpaired) electrons. The first-order chi connectivity index (χ1) is 11.8. The maximum atomic E-state index is 12.0. The first-order valence-electron chi connectivity index (χ1n) is 6.88. The van der Waals surface area contributed by atoms with E-state index >= 15 is 0 Å². The van der Waals surface area contributed by atoms with Gasteiger partial charge >= 0.3 is 0 Å². The lowest BCUT2D eigenvalue weighted by Gasteiger charge is -2.01. The van der Waals surface area contributed by atoms with Crippen LogP contribution in [0.25, 0.3) is 9.88 Å². The predicted molar refractivity (Wildman–Crippen MR) is 104 cm³/mol. The zero-order valence-electron chi connectivity index (χ0n) is 12.6. The minimum Gasteiger partial charge on any atom is -0.351 e. The Kier molecular flexibility index (Phi) is 5.71. The Morgan fingerprint density at radius 1 is 1.28 bits per heavy atom. The predicted octanol–water partition coefficient (Wildman–Crippen LogP) is 3.20. The summed E-state index contributed by atoms with van der Waals surface area (Å²) in [5.74, 6) is -0.172. The van der Waals surface area contributed by atoms with E-state index in [-0.39, 0.29) is 23.1 Å². The molecule has 0 unspecified atom stereocenters. The normalized spacial score (nSPS) is 11.6. The number of nitrogens with two attached hydrogens (primary N) is 1. The number of nitrogens with one attached hydrogen (secondary N) is 1. The van der Waals surface area contributed by atoms with Gasteiger partial charge in [0, 0.05) is 20.1 Å². The first kappa shape index (κ1) is 18.7. The fraction of sp³-hybridized carbons (Fsp3) is 0.143. The Hall–Kier alpha value is -1.11. The molecule has 3 rings (SSSR count). The molecule has 6 nitrogen and oxygen atoms in total. The highest BCUT2D eigenvalue weighted by atomic mass is 79.9. The monoisotopic (exact) mass is 477 g/mol. The van der Waals surface area contributed by atoms with Gasteiger partial charge in [-0.05, 0) is 34.1 Å². The van der Waals surface area contributed by atoms with Crippen molar-refractivity contribution in [1.82, 2.24) is 10.3 Å². The van der Waals surface area contributed by atoms with Gasteiger partial charge in [-0.1, -0.05) is 0 Å². The van der Waals surface area contributed by atoms with Crippen LogP contribution >= 0.6 is 49.9 Å². The highest BCUT2D eigenvalue weighted by Gasteiger charge is 2.13. The van der Waals surface area contributed by atoms with E-state index in [1.807, 2.05) is 16.8 Å². The Labute approximate surface area is 164 Å². The lowest BCUT2D eigenvalue weighted by Crippen LogP contribution is -2.24. The fourth-order valence-electron chi connectivity index (χ4n) is 1.95. The molecule has 0 atom stereocenters. The largest absolute Gasteiger partial charge is 0.351 e. The lowest BCUT2D eigenvalue weighted by atomic mass is 10.3. The SMILES string of the molecule is NS(=O)(=O)c1ccc(CNC(=O)Cc2csc(-c3cc(Br)cs3)n2)s1. The third-order valence-electron chi connectivity index (χ3n) is 3.05. The van der Waals surface area contributed by atoms with Crippen molar-refractivity contribution in [2.75, 3.05) is 0 Å². The molecule has 0 aliphatic heterocycles. The van der Waals surface area contributed by atoms with Crippen LogP contribution in [-0.4, -0.2) is 19.3 Å². The molecule has 132 valence electrons. The van der Waals surface area contributed by atoms with E-state index in [0.29, 0.717) is 5.69 Å². The van der Waals surface area contributed by atoms with Crippen LogP contribution in [0.2, 0.25) is 0 Å². The number of rotatable bonds is 6. The molecule has 0 bridgehead atoms. The topological polar surface area (TPSA) is 102 Å². The minimum atomic E-state index is -3.70. The van der Waals surface area contributed by atoms with Crippen molar-refractivity contribution in [3.63, 3.8) is 0 Å². The van der Waals surface area contributed by atoms with Gasteiger partial charge in [-0.25, -0.2) is 18.5 Å². The van der Waals surface area contributed by atoms with Crippen LogP contribution in [0.1, 0.15) is 10.6 Å². The van der Waals surface area contributed by atoms with Crippen molar-refractivity contribution in [2.24, 2.45) is 5.14 Å². The van der Waals surface area contributed by atoms with Crippen molar-refractivity contribution < 1.29 is 13.2 Å². The molecule has 0 aliphatic rings. The third-order valence-corrected chi connectivity index (χ3v) is 8.32. The summed E-state index contributed by atoms with van der Waals surface area (Å²) in [6.07, 6.45) is 0.177. The number of amides is 1. The van der Waals surface area contributed by atoms with Crippen molar-refractivity contribution in [1.29, 1.82) is 0 Å². The molecule has 0 aliphatic carbocycles. The minimum absolute atomic E-state index is 0.0861. The third kappa shape index (κ3) is 4.96. The van der Waals surface area contributed by atoms with Crippen LogP contribution in [0.5, 0.6) is 0 Å². The van der Waals surface area contributed by atoms with E-state index in [1.165, 1.54) is 17.4 Å². The maximum absolute atomic E-state index is 12.0. The average molecular weight is 478 g/mol. The number of hydrogen-bond acceptors (Lipinski definition) is 7. The summed E-state index contributed by atoms with van der Waals surface area (Å²) in [6.45, 7) is 0.258. The zero-order chi connectivity index (χ0) is 18.0. The Morgan fingerprint density at radius 3 is 2.72 bits per heavy atom. The van der Waals surface area contributed by atoms with Gasteiger partial charge in [-0.3, -0.25) is 4.79 Å². The second-order valence-corrected chi connectivity index (χ2v) is 10.6. The summed E-state index contributed by atoms with van der Waals surface area (Å²) in [6, 6.07) is 5.07. The van der Waals surface area contributed by atoms with E-state index in [0.717, 1.165) is 30.6 Å².